The molecule has 2 heterocycles. The molecule has 3 amide bonds. The summed E-state index contributed by atoms with van der Waals surface area (Å²) in [5.41, 5.74) is 1.17. The van der Waals surface area contributed by atoms with Gasteiger partial charge in [-0.2, -0.15) is 0 Å². The second-order valence-electron chi connectivity index (χ2n) is 7.56. The number of para-hydroxylation sites is 1. The SMILES string of the molecule is CCOc1ccccc1CNC(=O)CN1C(=O)[C@@H]2CCCN2C(=O)c2ccc(F)cc21. The van der Waals surface area contributed by atoms with Crippen LogP contribution in [0.1, 0.15) is 35.7 Å². The lowest BCUT2D eigenvalue weighted by molar-refractivity contribution is -0.125. The third-order valence-corrected chi connectivity index (χ3v) is 5.60. The number of anilines is 1. The molecule has 0 spiro atoms. The number of fused-ring (bicyclic) bond motifs is 2. The predicted molar refractivity (Wildman–Crippen MR) is 112 cm³/mol. The van der Waals surface area contributed by atoms with Gasteiger partial charge in [0.2, 0.25) is 11.8 Å². The molecule has 162 valence electrons. The van der Waals surface area contributed by atoms with Gasteiger partial charge >= 0.3 is 0 Å². The van der Waals surface area contributed by atoms with Gasteiger partial charge in [0, 0.05) is 18.7 Å². The zero-order valence-corrected chi connectivity index (χ0v) is 17.3. The normalized spacial score (nSPS) is 17.8. The van der Waals surface area contributed by atoms with Gasteiger partial charge in [0.1, 0.15) is 24.2 Å². The van der Waals surface area contributed by atoms with Crippen LogP contribution in [0.25, 0.3) is 0 Å². The number of carbonyl (C=O) groups is 3. The fourth-order valence-electron chi connectivity index (χ4n) is 4.13. The molecule has 0 radical (unpaired) electrons. The lowest BCUT2D eigenvalue weighted by Gasteiger charge is -2.25. The summed E-state index contributed by atoms with van der Waals surface area (Å²) in [5.74, 6) is -0.971. The van der Waals surface area contributed by atoms with Gasteiger partial charge < -0.3 is 19.9 Å². The van der Waals surface area contributed by atoms with Crippen molar-refractivity contribution in [1.82, 2.24) is 10.2 Å². The van der Waals surface area contributed by atoms with Crippen molar-refractivity contribution in [3.8, 4) is 5.75 Å². The van der Waals surface area contributed by atoms with Crippen LogP contribution in [0.4, 0.5) is 10.1 Å². The molecule has 8 heteroatoms. The van der Waals surface area contributed by atoms with Crippen molar-refractivity contribution in [2.24, 2.45) is 0 Å². The Labute approximate surface area is 179 Å². The van der Waals surface area contributed by atoms with Crippen LogP contribution >= 0.6 is 0 Å². The van der Waals surface area contributed by atoms with E-state index in [1.54, 1.807) is 0 Å². The van der Waals surface area contributed by atoms with Crippen LogP contribution in [0.5, 0.6) is 5.75 Å². The molecule has 2 aliphatic heterocycles. The Hall–Kier alpha value is -3.42. The van der Waals surface area contributed by atoms with E-state index in [1.807, 2.05) is 31.2 Å². The number of rotatable bonds is 6. The molecule has 0 aromatic heterocycles. The van der Waals surface area contributed by atoms with Gasteiger partial charge in [-0.3, -0.25) is 14.4 Å². The number of benzene rings is 2. The van der Waals surface area contributed by atoms with Gasteiger partial charge in [-0.05, 0) is 44.0 Å². The first kappa shape index (κ1) is 20.8. The van der Waals surface area contributed by atoms with E-state index < -0.39 is 17.8 Å². The Morgan fingerprint density at radius 3 is 2.84 bits per heavy atom. The average molecular weight is 425 g/mol. The van der Waals surface area contributed by atoms with E-state index in [4.69, 9.17) is 4.74 Å². The van der Waals surface area contributed by atoms with Crippen molar-refractivity contribution in [3.63, 3.8) is 0 Å². The van der Waals surface area contributed by atoms with Gasteiger partial charge in [0.05, 0.1) is 17.9 Å². The van der Waals surface area contributed by atoms with Crippen molar-refractivity contribution in [1.29, 1.82) is 0 Å². The highest BCUT2D eigenvalue weighted by Crippen LogP contribution is 2.32. The summed E-state index contributed by atoms with van der Waals surface area (Å²) in [5, 5.41) is 2.80. The molecular formula is C23H24FN3O4. The van der Waals surface area contributed by atoms with Gasteiger partial charge in [-0.1, -0.05) is 18.2 Å². The molecule has 0 unspecified atom stereocenters. The van der Waals surface area contributed by atoms with E-state index in [0.717, 1.165) is 11.6 Å². The molecule has 0 aliphatic carbocycles. The molecule has 1 fully saturated rings. The molecule has 0 bridgehead atoms. The molecule has 7 nitrogen and oxygen atoms in total. The number of nitrogens with one attached hydrogen (secondary N) is 1. The van der Waals surface area contributed by atoms with Crippen molar-refractivity contribution in [2.45, 2.75) is 32.4 Å². The Bertz CT molecular complexity index is 1030. The zero-order chi connectivity index (χ0) is 22.0. The maximum atomic E-state index is 14.0. The van der Waals surface area contributed by atoms with Crippen molar-refractivity contribution in [3.05, 3.63) is 59.4 Å². The molecular weight excluding hydrogens is 401 g/mol. The van der Waals surface area contributed by atoms with E-state index in [0.29, 0.717) is 31.7 Å². The Morgan fingerprint density at radius 2 is 2.03 bits per heavy atom. The third-order valence-electron chi connectivity index (χ3n) is 5.60. The molecule has 1 N–H and O–H groups in total. The number of amides is 3. The van der Waals surface area contributed by atoms with Gasteiger partial charge in [0.25, 0.3) is 5.91 Å². The largest absolute Gasteiger partial charge is 0.494 e. The molecule has 2 aromatic carbocycles. The van der Waals surface area contributed by atoms with Crippen LogP contribution in [-0.2, 0) is 16.1 Å². The van der Waals surface area contributed by atoms with Gasteiger partial charge in [0.15, 0.2) is 0 Å². The smallest absolute Gasteiger partial charge is 0.256 e. The minimum atomic E-state index is -0.630. The summed E-state index contributed by atoms with van der Waals surface area (Å²) in [6, 6.07) is 10.5. The van der Waals surface area contributed by atoms with Crippen molar-refractivity contribution in [2.75, 3.05) is 24.6 Å². The zero-order valence-electron chi connectivity index (χ0n) is 17.3. The Morgan fingerprint density at radius 1 is 1.23 bits per heavy atom. The van der Waals surface area contributed by atoms with E-state index in [-0.39, 0.29) is 36.2 Å². The summed E-state index contributed by atoms with van der Waals surface area (Å²) in [6.07, 6.45) is 1.24. The van der Waals surface area contributed by atoms with E-state index in [9.17, 15) is 18.8 Å². The molecule has 1 saturated heterocycles. The minimum Gasteiger partial charge on any atom is -0.494 e. The summed E-state index contributed by atoms with van der Waals surface area (Å²) < 4.78 is 19.6. The second-order valence-corrected chi connectivity index (χ2v) is 7.56. The van der Waals surface area contributed by atoms with E-state index in [2.05, 4.69) is 5.32 Å². The van der Waals surface area contributed by atoms with Gasteiger partial charge in [-0.25, -0.2) is 4.39 Å². The van der Waals surface area contributed by atoms with E-state index >= 15 is 0 Å². The topological polar surface area (TPSA) is 79.0 Å². The minimum absolute atomic E-state index is 0.134. The highest BCUT2D eigenvalue weighted by molar-refractivity contribution is 6.12. The summed E-state index contributed by atoms with van der Waals surface area (Å²) in [6.45, 7) is 2.78. The maximum Gasteiger partial charge on any atom is 0.256 e. The van der Waals surface area contributed by atoms with Crippen LogP contribution in [0.15, 0.2) is 42.5 Å². The Kier molecular flexibility index (Phi) is 5.88. The number of hydrogen-bond donors (Lipinski definition) is 1. The summed E-state index contributed by atoms with van der Waals surface area (Å²) >= 11 is 0. The quantitative estimate of drug-likeness (QED) is 0.771. The Balaban J connectivity index is 1.56. The maximum absolute atomic E-state index is 14.0. The molecule has 4 rings (SSSR count). The highest BCUT2D eigenvalue weighted by atomic mass is 19.1. The van der Waals surface area contributed by atoms with Crippen LogP contribution in [0.3, 0.4) is 0 Å². The standard InChI is InChI=1S/C23H24FN3O4/c1-2-31-20-8-4-3-6-15(20)13-25-21(28)14-27-19-12-16(24)9-10-17(19)22(29)26-11-5-7-18(26)23(27)30/h3-4,6,8-10,12,18H,2,5,7,11,13-14H2,1H3,(H,25,28)/t18-/m0/s1. The number of nitrogens with zero attached hydrogens (tertiary/aromatic N) is 2. The average Bonchev–Trinajstić information content (AvgIpc) is 3.23. The predicted octanol–water partition coefficient (Wildman–Crippen LogP) is 2.49. The highest BCUT2D eigenvalue weighted by Gasteiger charge is 2.42. The lowest BCUT2D eigenvalue weighted by Crippen LogP contribution is -2.48. The molecule has 2 aromatic rings. The van der Waals surface area contributed by atoms with Crippen LogP contribution in [0, 0.1) is 5.82 Å². The second kappa shape index (κ2) is 8.75. The lowest BCUT2D eigenvalue weighted by atomic mass is 10.1. The molecule has 0 saturated carbocycles. The van der Waals surface area contributed by atoms with Crippen molar-refractivity contribution >= 4 is 23.4 Å². The molecule has 31 heavy (non-hydrogen) atoms. The van der Waals surface area contributed by atoms with Gasteiger partial charge in [-0.15, -0.1) is 0 Å². The van der Waals surface area contributed by atoms with E-state index in [1.165, 1.54) is 21.9 Å². The number of carbonyl (C=O) groups excluding carboxylic acids is 3. The monoisotopic (exact) mass is 425 g/mol. The van der Waals surface area contributed by atoms with Crippen LogP contribution in [0.2, 0.25) is 0 Å². The number of halogens is 1. The fourth-order valence-corrected chi connectivity index (χ4v) is 4.13. The first-order valence-electron chi connectivity index (χ1n) is 10.4. The fraction of sp³-hybridized carbons (Fsp3) is 0.348. The number of hydrogen-bond acceptors (Lipinski definition) is 4. The van der Waals surface area contributed by atoms with Crippen LogP contribution in [-0.4, -0.2) is 48.4 Å². The summed E-state index contributed by atoms with van der Waals surface area (Å²) in [7, 11) is 0. The van der Waals surface area contributed by atoms with Crippen LogP contribution < -0.4 is 15.0 Å². The molecule has 2 aliphatic rings. The summed E-state index contributed by atoms with van der Waals surface area (Å²) in [4.78, 5) is 41.6. The van der Waals surface area contributed by atoms with Crippen molar-refractivity contribution < 1.29 is 23.5 Å². The molecule has 1 atom stereocenters. The first-order valence-corrected chi connectivity index (χ1v) is 10.4. The first-order chi connectivity index (χ1) is 15.0. The third kappa shape index (κ3) is 4.10. The number of ether oxygens (including phenoxy) is 1.